The standard InChI is InChI=1S/C28H21F8N5O3/c29-16-8-14(44-24-20(32)17(30)9-18(31)21(24)33)1-2-15(16)23-19-22(39-11-40-26(19)37)13(3-5-38-23)7-12-4-6-41(10-12)27(43)25(42)28(34,35)36/h1-2,8-9,11-13H,3-7,10H2,(H2,37,39,40). The van der Waals surface area contributed by atoms with Crippen molar-refractivity contribution >= 4 is 23.2 Å². The molecule has 44 heavy (non-hydrogen) atoms. The van der Waals surface area contributed by atoms with Crippen LogP contribution in [-0.2, 0) is 9.59 Å². The number of carbonyl (C=O) groups is 2. The number of aromatic nitrogens is 2. The van der Waals surface area contributed by atoms with Crippen LogP contribution in [0.1, 0.15) is 42.0 Å². The van der Waals surface area contributed by atoms with Gasteiger partial charge in [0.05, 0.1) is 17.0 Å². The van der Waals surface area contributed by atoms with Gasteiger partial charge in [-0.3, -0.25) is 14.6 Å². The number of likely N-dealkylation sites (tertiary alicyclic amines) is 1. The first-order chi connectivity index (χ1) is 20.8. The molecular weight excluding hydrogens is 606 g/mol. The molecule has 16 heteroatoms. The number of hydrogen-bond donors (Lipinski definition) is 1. The van der Waals surface area contributed by atoms with Crippen molar-refractivity contribution in [2.24, 2.45) is 10.9 Å². The number of nitrogens with two attached hydrogens (primary N) is 1. The van der Waals surface area contributed by atoms with Gasteiger partial charge in [-0.2, -0.15) is 22.0 Å². The van der Waals surface area contributed by atoms with Crippen molar-refractivity contribution in [2.45, 2.75) is 31.4 Å². The Morgan fingerprint density at radius 1 is 0.977 bits per heavy atom. The third-order valence-corrected chi connectivity index (χ3v) is 7.41. The second-order valence-electron chi connectivity index (χ2n) is 10.2. The van der Waals surface area contributed by atoms with Gasteiger partial charge in [0, 0.05) is 43.2 Å². The van der Waals surface area contributed by atoms with Gasteiger partial charge in [0.25, 0.3) is 5.91 Å². The quantitative estimate of drug-likeness (QED) is 0.228. The average molecular weight is 627 g/mol. The Morgan fingerprint density at radius 2 is 1.68 bits per heavy atom. The van der Waals surface area contributed by atoms with Gasteiger partial charge in [-0.05, 0) is 37.3 Å². The summed E-state index contributed by atoms with van der Waals surface area (Å²) in [6.45, 7) is 0.0237. The molecule has 2 aliphatic rings. The fourth-order valence-corrected chi connectivity index (χ4v) is 5.35. The number of aliphatic imine (C=N–C) groups is 1. The molecule has 1 amide bonds. The van der Waals surface area contributed by atoms with Crippen LogP contribution in [0.3, 0.4) is 0 Å². The first-order valence-corrected chi connectivity index (χ1v) is 13.1. The fourth-order valence-electron chi connectivity index (χ4n) is 5.35. The van der Waals surface area contributed by atoms with Crippen molar-refractivity contribution in [3.63, 3.8) is 0 Å². The smallest absolute Gasteiger partial charge is 0.451 e. The van der Waals surface area contributed by atoms with Gasteiger partial charge in [0.1, 0.15) is 23.7 Å². The van der Waals surface area contributed by atoms with Crippen LogP contribution in [0.5, 0.6) is 11.5 Å². The van der Waals surface area contributed by atoms with Crippen molar-refractivity contribution in [3.8, 4) is 11.5 Å². The minimum atomic E-state index is -5.28. The molecule has 0 spiro atoms. The number of rotatable bonds is 6. The zero-order chi connectivity index (χ0) is 31.9. The van der Waals surface area contributed by atoms with Crippen LogP contribution in [0, 0.1) is 35.0 Å². The van der Waals surface area contributed by atoms with Crippen molar-refractivity contribution in [2.75, 3.05) is 25.4 Å². The maximum atomic E-state index is 15.4. The number of anilines is 1. The Morgan fingerprint density at radius 3 is 2.34 bits per heavy atom. The largest absolute Gasteiger partial charge is 0.460 e. The van der Waals surface area contributed by atoms with Crippen LogP contribution in [0.4, 0.5) is 40.9 Å². The fraction of sp³-hybridized carbons (Fsp3) is 0.321. The molecule has 0 saturated carbocycles. The van der Waals surface area contributed by atoms with Gasteiger partial charge in [0.15, 0.2) is 11.6 Å². The summed E-state index contributed by atoms with van der Waals surface area (Å²) in [5.74, 6) is -14.7. The summed E-state index contributed by atoms with van der Waals surface area (Å²) in [5.41, 5.74) is 6.63. The lowest BCUT2D eigenvalue weighted by molar-refractivity contribution is -0.178. The van der Waals surface area contributed by atoms with E-state index in [1.807, 2.05) is 0 Å². The van der Waals surface area contributed by atoms with E-state index in [0.29, 0.717) is 25.0 Å². The number of benzene rings is 2. The Bertz CT molecular complexity index is 1650. The molecule has 0 radical (unpaired) electrons. The van der Waals surface area contributed by atoms with Gasteiger partial charge in [-0.1, -0.05) is 0 Å². The number of Topliss-reactive ketones (excluding diaryl/α,β-unsaturated/α-hetero) is 1. The third-order valence-electron chi connectivity index (χ3n) is 7.41. The third kappa shape index (κ3) is 5.92. The van der Waals surface area contributed by atoms with E-state index in [-0.39, 0.29) is 60.2 Å². The van der Waals surface area contributed by atoms with Crippen LogP contribution in [0.15, 0.2) is 35.6 Å². The molecule has 2 aromatic carbocycles. The molecule has 3 heterocycles. The summed E-state index contributed by atoms with van der Waals surface area (Å²) in [5, 5.41) is 0. The van der Waals surface area contributed by atoms with Crippen LogP contribution >= 0.6 is 0 Å². The molecule has 2 atom stereocenters. The summed E-state index contributed by atoms with van der Waals surface area (Å²) < 4.78 is 114. The minimum Gasteiger partial charge on any atom is -0.451 e. The predicted octanol–water partition coefficient (Wildman–Crippen LogP) is 5.24. The van der Waals surface area contributed by atoms with E-state index < -0.39 is 58.5 Å². The Hall–Kier alpha value is -4.63. The highest BCUT2D eigenvalue weighted by Crippen LogP contribution is 2.38. The second-order valence-corrected chi connectivity index (χ2v) is 10.2. The number of nitrogens with zero attached hydrogens (tertiary/aromatic N) is 4. The maximum Gasteiger partial charge on any atom is 0.460 e. The highest BCUT2D eigenvalue weighted by atomic mass is 19.4. The number of halogens is 8. The van der Waals surface area contributed by atoms with Gasteiger partial charge in [0.2, 0.25) is 17.4 Å². The number of hydrogen-bond acceptors (Lipinski definition) is 7. The van der Waals surface area contributed by atoms with Gasteiger partial charge in [-0.15, -0.1) is 0 Å². The molecule has 2 N–H and O–H groups in total. The summed E-state index contributed by atoms with van der Waals surface area (Å²) in [4.78, 5) is 37.1. The lowest BCUT2D eigenvalue weighted by atomic mass is 9.86. The average Bonchev–Trinajstić information content (AvgIpc) is 3.36. The van der Waals surface area contributed by atoms with Crippen molar-refractivity contribution in [1.29, 1.82) is 0 Å². The normalized spacial score (nSPS) is 18.5. The number of carbonyl (C=O) groups excluding carboxylic acids is 2. The number of ether oxygens (including phenoxy) is 1. The van der Waals surface area contributed by atoms with Crippen LogP contribution in [0.2, 0.25) is 0 Å². The lowest BCUT2D eigenvalue weighted by Gasteiger charge is -2.21. The molecular formula is C28H21F8N5O3. The number of amides is 1. The predicted molar refractivity (Wildman–Crippen MR) is 137 cm³/mol. The molecule has 232 valence electrons. The molecule has 5 rings (SSSR count). The highest BCUT2D eigenvalue weighted by molar-refractivity contribution is 6.38. The minimum absolute atomic E-state index is 0.000279. The molecule has 8 nitrogen and oxygen atoms in total. The first-order valence-electron chi connectivity index (χ1n) is 13.1. The second kappa shape index (κ2) is 11.8. The zero-order valence-corrected chi connectivity index (χ0v) is 22.4. The van der Waals surface area contributed by atoms with E-state index in [4.69, 9.17) is 10.5 Å². The van der Waals surface area contributed by atoms with Crippen molar-refractivity contribution in [1.82, 2.24) is 14.9 Å². The monoisotopic (exact) mass is 627 g/mol. The van der Waals surface area contributed by atoms with Crippen LogP contribution in [-0.4, -0.2) is 58.1 Å². The number of alkyl halides is 3. The maximum absolute atomic E-state index is 15.4. The van der Waals surface area contributed by atoms with Gasteiger partial charge >= 0.3 is 12.0 Å². The lowest BCUT2D eigenvalue weighted by Crippen LogP contribution is -2.41. The van der Waals surface area contributed by atoms with E-state index in [0.717, 1.165) is 23.1 Å². The van der Waals surface area contributed by atoms with E-state index in [2.05, 4.69) is 15.0 Å². The molecule has 2 unspecified atom stereocenters. The molecule has 3 aromatic rings. The number of ketones is 1. The summed E-state index contributed by atoms with van der Waals surface area (Å²) in [7, 11) is 0. The molecule has 0 bridgehead atoms. The topological polar surface area (TPSA) is 111 Å². The SMILES string of the molecule is Nc1ncnc2c1C(c1ccc(Oc3c(F)c(F)cc(F)c3F)cc1F)=NCCC2CC1CCN(C(=O)C(=O)C(F)(F)F)C1. The van der Waals surface area contributed by atoms with E-state index >= 15 is 4.39 Å². The Balaban J connectivity index is 1.39. The van der Waals surface area contributed by atoms with Crippen molar-refractivity contribution < 1.29 is 49.4 Å². The van der Waals surface area contributed by atoms with Crippen LogP contribution in [0.25, 0.3) is 0 Å². The number of nitrogen functional groups attached to an aromatic ring is 1. The molecule has 2 aliphatic heterocycles. The zero-order valence-electron chi connectivity index (χ0n) is 22.4. The van der Waals surface area contributed by atoms with E-state index in [1.165, 1.54) is 6.33 Å². The molecule has 1 aromatic heterocycles. The summed E-state index contributed by atoms with van der Waals surface area (Å²) >= 11 is 0. The first kappa shape index (κ1) is 30.8. The molecule has 1 fully saturated rings. The Labute approximate surface area is 243 Å². The van der Waals surface area contributed by atoms with Gasteiger partial charge < -0.3 is 15.4 Å². The van der Waals surface area contributed by atoms with E-state index in [1.54, 1.807) is 0 Å². The van der Waals surface area contributed by atoms with Gasteiger partial charge in [-0.25, -0.2) is 23.1 Å². The van der Waals surface area contributed by atoms with Crippen LogP contribution < -0.4 is 10.5 Å². The summed E-state index contributed by atoms with van der Waals surface area (Å²) in [6.07, 6.45) is -3.05. The molecule has 1 saturated heterocycles. The molecule has 0 aliphatic carbocycles. The van der Waals surface area contributed by atoms with E-state index in [9.17, 15) is 40.3 Å². The summed E-state index contributed by atoms with van der Waals surface area (Å²) in [6, 6.07) is 2.98. The van der Waals surface area contributed by atoms with Crippen molar-refractivity contribution in [3.05, 3.63) is 76.5 Å². The highest BCUT2D eigenvalue weighted by Gasteiger charge is 2.46. The Kier molecular flexibility index (Phi) is 8.27. The number of fused-ring (bicyclic) bond motifs is 1.